The Kier molecular flexibility index (Phi) is 4.22. The zero-order chi connectivity index (χ0) is 11.1. The molecule has 2 N–H and O–H groups in total. The van der Waals surface area contributed by atoms with E-state index in [1.165, 1.54) is 0 Å². The molecule has 80 valence electrons. The average molecular weight is 206 g/mol. The second-order valence-corrected chi connectivity index (χ2v) is 2.83. The van der Waals surface area contributed by atoms with Gasteiger partial charge in [-0.3, -0.25) is 0 Å². The summed E-state index contributed by atoms with van der Waals surface area (Å²) in [6.45, 7) is 0. The number of carbonyl (C=O) groups excluding carboxylic acids is 1. The Hall–Kier alpha value is -1.97. The molecule has 0 saturated heterocycles. The summed E-state index contributed by atoms with van der Waals surface area (Å²) in [7, 11) is 3.19. The molecular weight excluding hydrogens is 192 g/mol. The summed E-state index contributed by atoms with van der Waals surface area (Å²) in [4.78, 5) is 10.8. The van der Waals surface area contributed by atoms with Gasteiger partial charge in [-0.05, 0) is 23.8 Å². The van der Waals surface area contributed by atoms with Crippen molar-refractivity contribution in [3.8, 4) is 5.75 Å². The minimum absolute atomic E-state index is 0.236. The molecule has 1 rings (SSSR count). The lowest BCUT2D eigenvalue weighted by molar-refractivity contribution is 0.246. The predicted octanol–water partition coefficient (Wildman–Crippen LogP) is 1.59. The van der Waals surface area contributed by atoms with Crippen LogP contribution in [-0.4, -0.2) is 20.2 Å². The highest BCUT2D eigenvalue weighted by Gasteiger charge is 1.91. The van der Waals surface area contributed by atoms with Crippen molar-refractivity contribution in [2.45, 2.75) is 0 Å². The van der Waals surface area contributed by atoms with E-state index in [9.17, 15) is 4.79 Å². The van der Waals surface area contributed by atoms with Crippen LogP contribution in [0.4, 0.5) is 4.79 Å². The number of carbonyl (C=O) groups is 1. The van der Waals surface area contributed by atoms with Crippen molar-refractivity contribution in [3.05, 3.63) is 36.0 Å². The Morgan fingerprint density at radius 2 is 2.00 bits per heavy atom. The van der Waals surface area contributed by atoms with Gasteiger partial charge in [0.25, 0.3) is 0 Å². The lowest BCUT2D eigenvalue weighted by Gasteiger charge is -1.99. The number of methoxy groups -OCH3 is 1. The molecule has 0 saturated carbocycles. The Morgan fingerprint density at radius 3 is 2.53 bits per heavy atom. The van der Waals surface area contributed by atoms with E-state index in [1.807, 2.05) is 24.3 Å². The van der Waals surface area contributed by atoms with E-state index in [0.717, 1.165) is 11.3 Å². The van der Waals surface area contributed by atoms with Crippen LogP contribution in [0.5, 0.6) is 5.75 Å². The number of hydrogen-bond donors (Lipinski definition) is 2. The predicted molar refractivity (Wildman–Crippen MR) is 59.6 cm³/mol. The normalized spacial score (nSPS) is 10.0. The van der Waals surface area contributed by atoms with Gasteiger partial charge < -0.3 is 15.4 Å². The van der Waals surface area contributed by atoms with Crippen molar-refractivity contribution < 1.29 is 9.53 Å². The van der Waals surface area contributed by atoms with Crippen LogP contribution >= 0.6 is 0 Å². The monoisotopic (exact) mass is 206 g/mol. The number of rotatable bonds is 3. The molecule has 15 heavy (non-hydrogen) atoms. The highest BCUT2D eigenvalue weighted by molar-refractivity contribution is 5.75. The number of ether oxygens (including phenoxy) is 1. The number of nitrogens with one attached hydrogen (secondary N) is 2. The van der Waals surface area contributed by atoms with Crippen molar-refractivity contribution in [1.29, 1.82) is 0 Å². The molecule has 1 aromatic rings. The number of urea groups is 1. The fraction of sp³-hybridized carbons (Fsp3) is 0.182. The van der Waals surface area contributed by atoms with Crippen LogP contribution in [0.1, 0.15) is 5.56 Å². The lowest BCUT2D eigenvalue weighted by atomic mass is 10.2. The molecule has 0 bridgehead atoms. The molecule has 0 fully saturated rings. The van der Waals surface area contributed by atoms with E-state index >= 15 is 0 Å². The van der Waals surface area contributed by atoms with Gasteiger partial charge in [0.2, 0.25) is 0 Å². The van der Waals surface area contributed by atoms with Gasteiger partial charge in [-0.2, -0.15) is 0 Å². The summed E-state index contributed by atoms with van der Waals surface area (Å²) in [5.74, 6) is 0.811. The van der Waals surface area contributed by atoms with Crippen molar-refractivity contribution in [1.82, 2.24) is 10.6 Å². The van der Waals surface area contributed by atoms with Crippen LogP contribution in [0.2, 0.25) is 0 Å². The van der Waals surface area contributed by atoms with Crippen molar-refractivity contribution >= 4 is 12.1 Å². The molecule has 1 aromatic carbocycles. The molecule has 4 heteroatoms. The van der Waals surface area contributed by atoms with Crippen molar-refractivity contribution in [3.63, 3.8) is 0 Å². The maximum atomic E-state index is 10.8. The maximum Gasteiger partial charge on any atom is 0.318 e. The second-order valence-electron chi connectivity index (χ2n) is 2.83. The van der Waals surface area contributed by atoms with E-state index in [2.05, 4.69) is 10.6 Å². The minimum Gasteiger partial charge on any atom is -0.497 e. The molecule has 0 aliphatic heterocycles. The van der Waals surface area contributed by atoms with E-state index in [0.29, 0.717) is 0 Å². The Labute approximate surface area is 88.9 Å². The molecule has 0 aliphatic carbocycles. The molecule has 0 radical (unpaired) electrons. The fourth-order valence-corrected chi connectivity index (χ4v) is 1.00. The van der Waals surface area contributed by atoms with Gasteiger partial charge in [0, 0.05) is 13.2 Å². The third-order valence-electron chi connectivity index (χ3n) is 1.83. The van der Waals surface area contributed by atoms with E-state index in [-0.39, 0.29) is 6.03 Å². The smallest absolute Gasteiger partial charge is 0.318 e. The summed E-state index contributed by atoms with van der Waals surface area (Å²) in [6.07, 6.45) is 3.38. The third kappa shape index (κ3) is 3.72. The second kappa shape index (κ2) is 5.70. The molecule has 0 unspecified atom stereocenters. The van der Waals surface area contributed by atoms with Gasteiger partial charge >= 0.3 is 6.03 Å². The largest absolute Gasteiger partial charge is 0.497 e. The van der Waals surface area contributed by atoms with Crippen LogP contribution in [0.25, 0.3) is 6.08 Å². The van der Waals surface area contributed by atoms with Gasteiger partial charge in [-0.15, -0.1) is 0 Å². The SMILES string of the molecule is CNC(=O)N/C=C/c1ccc(OC)cc1. The Bertz CT molecular complexity index is 344. The maximum absolute atomic E-state index is 10.8. The lowest BCUT2D eigenvalue weighted by Crippen LogP contribution is -2.28. The number of amides is 2. The molecule has 4 nitrogen and oxygen atoms in total. The first-order chi connectivity index (χ1) is 7.26. The minimum atomic E-state index is -0.236. The van der Waals surface area contributed by atoms with Crippen LogP contribution < -0.4 is 15.4 Å². The summed E-state index contributed by atoms with van der Waals surface area (Å²) < 4.78 is 5.03. The van der Waals surface area contributed by atoms with E-state index < -0.39 is 0 Å². The van der Waals surface area contributed by atoms with Gasteiger partial charge in [0.1, 0.15) is 5.75 Å². The van der Waals surface area contributed by atoms with E-state index in [1.54, 1.807) is 26.4 Å². The zero-order valence-electron chi connectivity index (χ0n) is 8.78. The molecule has 0 aromatic heterocycles. The third-order valence-corrected chi connectivity index (χ3v) is 1.83. The highest BCUT2D eigenvalue weighted by Crippen LogP contribution is 2.11. The standard InChI is InChI=1S/C11H14N2O2/c1-12-11(14)13-8-7-9-3-5-10(15-2)6-4-9/h3-8H,1-2H3,(H2,12,13,14)/b8-7+. The number of benzene rings is 1. The van der Waals surface area contributed by atoms with Crippen LogP contribution in [-0.2, 0) is 0 Å². The van der Waals surface area contributed by atoms with Gasteiger partial charge in [-0.1, -0.05) is 12.1 Å². The van der Waals surface area contributed by atoms with Crippen LogP contribution in [0.15, 0.2) is 30.5 Å². The fourth-order valence-electron chi connectivity index (χ4n) is 1.00. The number of hydrogen-bond acceptors (Lipinski definition) is 2. The zero-order valence-corrected chi connectivity index (χ0v) is 8.78. The first-order valence-electron chi connectivity index (χ1n) is 4.55. The summed E-state index contributed by atoms with van der Waals surface area (Å²) in [6, 6.07) is 7.29. The Balaban J connectivity index is 2.53. The van der Waals surface area contributed by atoms with Gasteiger partial charge in [0.15, 0.2) is 0 Å². The van der Waals surface area contributed by atoms with Gasteiger partial charge in [0.05, 0.1) is 7.11 Å². The molecule has 0 heterocycles. The van der Waals surface area contributed by atoms with Crippen molar-refractivity contribution in [2.75, 3.05) is 14.2 Å². The molecular formula is C11H14N2O2. The van der Waals surface area contributed by atoms with E-state index in [4.69, 9.17) is 4.74 Å². The molecule has 0 aliphatic rings. The molecule has 0 spiro atoms. The summed E-state index contributed by atoms with van der Waals surface area (Å²) in [5, 5.41) is 5.00. The quantitative estimate of drug-likeness (QED) is 0.789. The topological polar surface area (TPSA) is 50.4 Å². The molecule has 0 atom stereocenters. The van der Waals surface area contributed by atoms with Crippen LogP contribution in [0, 0.1) is 0 Å². The summed E-state index contributed by atoms with van der Waals surface area (Å²) >= 11 is 0. The summed E-state index contributed by atoms with van der Waals surface area (Å²) in [5.41, 5.74) is 0.993. The van der Waals surface area contributed by atoms with Crippen LogP contribution in [0.3, 0.4) is 0 Å². The highest BCUT2D eigenvalue weighted by atomic mass is 16.5. The Morgan fingerprint density at radius 1 is 1.33 bits per heavy atom. The first-order valence-corrected chi connectivity index (χ1v) is 4.55. The average Bonchev–Trinajstić information content (AvgIpc) is 2.29. The van der Waals surface area contributed by atoms with Crippen molar-refractivity contribution in [2.24, 2.45) is 0 Å². The molecule has 2 amide bonds. The first kappa shape index (κ1) is 11.1. The van der Waals surface area contributed by atoms with Gasteiger partial charge in [-0.25, -0.2) is 4.79 Å².